The van der Waals surface area contributed by atoms with E-state index in [9.17, 15) is 24.9 Å². The third kappa shape index (κ3) is 44.7. The van der Waals surface area contributed by atoms with Crippen molar-refractivity contribution in [3.05, 3.63) is 0 Å². The molecule has 0 aromatic heterocycles. The largest absolute Gasteiger partial charge is 0.463 e. The van der Waals surface area contributed by atoms with Crippen molar-refractivity contribution in [2.24, 2.45) is 0 Å². The number of hydrogen-bond acceptors (Lipinski definition) is 11. The summed E-state index contributed by atoms with van der Waals surface area (Å²) >= 11 is 0. The third-order valence-electron chi connectivity index (χ3n) is 14.6. The highest BCUT2D eigenvalue weighted by atomic mass is 16.6. The second kappa shape index (κ2) is 53.5. The Bertz CT molecular complexity index is 1050. The van der Waals surface area contributed by atoms with E-state index in [2.05, 4.69) is 20.8 Å². The first-order valence-corrected chi connectivity index (χ1v) is 30.2. The number of hydrogen-bond donors (Lipinski definition) is 3. The molecule has 424 valence electrons. The van der Waals surface area contributed by atoms with Gasteiger partial charge in [-0.2, -0.15) is 0 Å². The predicted octanol–water partition coefficient (Wildman–Crippen LogP) is 15.0. The van der Waals surface area contributed by atoms with E-state index in [0.29, 0.717) is 19.4 Å². The van der Waals surface area contributed by atoms with Crippen LogP contribution in [0.25, 0.3) is 0 Å². The van der Waals surface area contributed by atoms with E-state index >= 15 is 0 Å². The zero-order valence-corrected chi connectivity index (χ0v) is 47.5. The van der Waals surface area contributed by atoms with Crippen LogP contribution in [0.5, 0.6) is 0 Å². The summed E-state index contributed by atoms with van der Waals surface area (Å²) in [5, 5.41) is 32.1. The minimum atomic E-state index is -0.513. The van der Waals surface area contributed by atoms with Gasteiger partial charge in [-0.05, 0) is 57.8 Å². The lowest BCUT2D eigenvalue weighted by Gasteiger charge is -2.21. The lowest BCUT2D eigenvalue weighted by atomic mass is 9.99. The average Bonchev–Trinajstić information content (AvgIpc) is 3.37. The van der Waals surface area contributed by atoms with E-state index < -0.39 is 24.4 Å². The summed E-state index contributed by atoms with van der Waals surface area (Å²) in [5.41, 5.74) is 0. The number of aliphatic hydroxyl groups excluding tert-OH is 3. The molecule has 0 spiro atoms. The molecule has 0 aliphatic rings. The lowest BCUT2D eigenvalue weighted by molar-refractivity contribution is -0.155. The van der Waals surface area contributed by atoms with E-state index in [0.717, 1.165) is 161 Å². The number of carbonyl (C=O) groups is 2. The first-order valence-electron chi connectivity index (χ1n) is 30.2. The number of aliphatic hydroxyl groups is 3. The monoisotopic (exact) mass is 1010 g/mol. The Balaban J connectivity index is 4.64. The topological polar surface area (TPSA) is 150 Å². The van der Waals surface area contributed by atoms with Crippen LogP contribution in [0.4, 0.5) is 0 Å². The van der Waals surface area contributed by atoms with Crippen LogP contribution in [0, 0.1) is 0 Å². The minimum absolute atomic E-state index is 0.0573. The Labute approximate surface area is 438 Å². The number of esters is 2. The van der Waals surface area contributed by atoms with E-state index in [-0.39, 0.29) is 43.5 Å². The molecule has 71 heavy (non-hydrogen) atoms. The summed E-state index contributed by atoms with van der Waals surface area (Å²) in [6.45, 7) is 7.32. The molecule has 3 N–H and O–H groups in total. The van der Waals surface area contributed by atoms with Gasteiger partial charge in [0.15, 0.2) is 0 Å². The van der Waals surface area contributed by atoms with Gasteiger partial charge in [-0.1, -0.05) is 220 Å². The quantitative estimate of drug-likeness (QED) is 0.0395. The molecule has 11 nitrogen and oxygen atoms in total. The molecule has 0 aromatic carbocycles. The molecule has 0 aromatic rings. The summed E-state index contributed by atoms with van der Waals surface area (Å²) in [4.78, 5) is 25.5. The standard InChI is InChI=1S/C60H118O11/c1-7-10-13-16-26-35-44-56(66-4)53(61)41-32-23-19-20-31-40-49-69-52(50-70-59(64)47-38-29-21-24-33-42-54(62)57(67-5)45-36-27-17-14-11-8-2)51-71-60(65)48-39-30-22-25-34-43-55(63)58(68-6)46-37-28-18-15-12-9-3/h52-58,61-63H,7-51H2,1-6H3. The van der Waals surface area contributed by atoms with Gasteiger partial charge in [0, 0.05) is 40.8 Å². The van der Waals surface area contributed by atoms with E-state index in [4.69, 9.17) is 28.4 Å². The molecule has 0 saturated carbocycles. The van der Waals surface area contributed by atoms with Crippen molar-refractivity contribution in [3.63, 3.8) is 0 Å². The zero-order chi connectivity index (χ0) is 52.3. The summed E-state index contributed by atoms with van der Waals surface area (Å²) in [7, 11) is 5.12. The number of carbonyl (C=O) groups excluding carboxylic acids is 2. The van der Waals surface area contributed by atoms with E-state index in [1.54, 1.807) is 21.3 Å². The molecule has 0 bridgehead atoms. The highest BCUT2D eigenvalue weighted by Crippen LogP contribution is 2.21. The number of ether oxygens (including phenoxy) is 6. The molecular formula is C60H118O11. The number of unbranched alkanes of at least 4 members (excludes halogenated alkanes) is 28. The molecule has 0 rings (SSSR count). The fourth-order valence-electron chi connectivity index (χ4n) is 9.72. The maximum absolute atomic E-state index is 12.8. The van der Waals surface area contributed by atoms with Crippen molar-refractivity contribution in [3.8, 4) is 0 Å². The van der Waals surface area contributed by atoms with Crippen molar-refractivity contribution >= 4 is 11.9 Å². The Hall–Kier alpha value is -1.34. The fourth-order valence-corrected chi connectivity index (χ4v) is 9.72. The van der Waals surface area contributed by atoms with Gasteiger partial charge in [0.1, 0.15) is 19.3 Å². The first-order chi connectivity index (χ1) is 34.7. The van der Waals surface area contributed by atoms with Crippen molar-refractivity contribution in [1.82, 2.24) is 0 Å². The number of rotatable bonds is 57. The van der Waals surface area contributed by atoms with Crippen LogP contribution in [0.1, 0.15) is 290 Å². The Morgan fingerprint density at radius 2 is 0.592 bits per heavy atom. The maximum Gasteiger partial charge on any atom is 0.305 e. The van der Waals surface area contributed by atoms with Crippen LogP contribution in [0.15, 0.2) is 0 Å². The van der Waals surface area contributed by atoms with Gasteiger partial charge in [-0.15, -0.1) is 0 Å². The van der Waals surface area contributed by atoms with Gasteiger partial charge in [0.05, 0.1) is 36.6 Å². The average molecular weight is 1020 g/mol. The fraction of sp³-hybridized carbons (Fsp3) is 0.967. The highest BCUT2D eigenvalue weighted by molar-refractivity contribution is 5.69. The van der Waals surface area contributed by atoms with Crippen molar-refractivity contribution in [1.29, 1.82) is 0 Å². The van der Waals surface area contributed by atoms with Gasteiger partial charge < -0.3 is 43.7 Å². The normalized spacial score (nSPS) is 14.8. The summed E-state index contributed by atoms with van der Waals surface area (Å²) in [6, 6.07) is 0. The molecule has 0 saturated heterocycles. The van der Waals surface area contributed by atoms with Crippen LogP contribution in [-0.4, -0.2) is 111 Å². The predicted molar refractivity (Wildman–Crippen MR) is 293 cm³/mol. The van der Waals surface area contributed by atoms with E-state index in [1.807, 2.05) is 0 Å². The molecule has 6 unspecified atom stereocenters. The van der Waals surface area contributed by atoms with Gasteiger partial charge in [-0.25, -0.2) is 0 Å². The molecule has 11 heteroatoms. The van der Waals surface area contributed by atoms with Crippen molar-refractivity contribution in [2.75, 3.05) is 41.2 Å². The number of methoxy groups -OCH3 is 3. The van der Waals surface area contributed by atoms with Gasteiger partial charge in [0.2, 0.25) is 0 Å². The van der Waals surface area contributed by atoms with Gasteiger partial charge in [-0.3, -0.25) is 9.59 Å². The second-order valence-electron chi connectivity index (χ2n) is 21.1. The Kier molecular flexibility index (Phi) is 52.5. The van der Waals surface area contributed by atoms with Crippen LogP contribution in [-0.2, 0) is 38.0 Å². The van der Waals surface area contributed by atoms with E-state index in [1.165, 1.54) is 96.3 Å². The lowest BCUT2D eigenvalue weighted by Crippen LogP contribution is -2.29. The molecule has 0 aliphatic heterocycles. The molecule has 0 amide bonds. The van der Waals surface area contributed by atoms with Crippen molar-refractivity contribution in [2.45, 2.75) is 333 Å². The van der Waals surface area contributed by atoms with Crippen LogP contribution in [0.2, 0.25) is 0 Å². The third-order valence-corrected chi connectivity index (χ3v) is 14.6. The molecule has 0 heterocycles. The SMILES string of the molecule is CCCCCCCCC(OC)C(O)CCCCCCCCOC(COC(=O)CCCCCCCC(O)C(CCCCCCCC)OC)COC(=O)CCCCCCCC(O)C(CCCCCCCC)OC. The Morgan fingerprint density at radius 1 is 0.338 bits per heavy atom. The molecule has 0 radical (unpaired) electrons. The minimum Gasteiger partial charge on any atom is -0.463 e. The summed E-state index contributed by atoms with van der Waals surface area (Å²) in [6.07, 6.45) is 41.3. The molecule has 0 aliphatic carbocycles. The van der Waals surface area contributed by atoms with Gasteiger partial charge in [0.25, 0.3) is 0 Å². The first kappa shape index (κ1) is 69.7. The molecule has 6 atom stereocenters. The van der Waals surface area contributed by atoms with Gasteiger partial charge >= 0.3 is 11.9 Å². The Morgan fingerprint density at radius 3 is 0.887 bits per heavy atom. The van der Waals surface area contributed by atoms with Crippen LogP contribution < -0.4 is 0 Å². The highest BCUT2D eigenvalue weighted by Gasteiger charge is 2.21. The maximum atomic E-state index is 12.8. The van der Waals surface area contributed by atoms with Crippen molar-refractivity contribution < 1.29 is 53.3 Å². The summed E-state index contributed by atoms with van der Waals surface area (Å²) < 4.78 is 34.3. The van der Waals surface area contributed by atoms with Crippen LogP contribution in [0.3, 0.4) is 0 Å². The second-order valence-corrected chi connectivity index (χ2v) is 21.1. The zero-order valence-electron chi connectivity index (χ0n) is 47.5. The molecule has 0 fully saturated rings. The summed E-state index contributed by atoms with van der Waals surface area (Å²) in [5.74, 6) is -0.518. The smallest absolute Gasteiger partial charge is 0.305 e. The van der Waals surface area contributed by atoms with Crippen LogP contribution >= 0.6 is 0 Å². The molecular weight excluding hydrogens is 897 g/mol.